The zero-order valence-corrected chi connectivity index (χ0v) is 16.4. The second-order valence-electron chi connectivity index (χ2n) is 7.71. The summed E-state index contributed by atoms with van der Waals surface area (Å²) in [5.74, 6) is 2.19. The zero-order chi connectivity index (χ0) is 19.1. The summed E-state index contributed by atoms with van der Waals surface area (Å²) in [6, 6.07) is -0.241. The number of anilines is 3. The molecule has 1 aliphatic heterocycles. The quantitative estimate of drug-likeness (QED) is 0.870. The maximum absolute atomic E-state index is 12.4. The molecule has 1 N–H and O–H groups in total. The summed E-state index contributed by atoms with van der Waals surface area (Å²) in [5, 5.41) is 7.76. The number of carbonyl (C=O) groups is 1. The minimum absolute atomic E-state index is 0.0521. The summed E-state index contributed by atoms with van der Waals surface area (Å²) in [4.78, 5) is 25.1. The molecule has 1 amide bonds. The summed E-state index contributed by atoms with van der Waals surface area (Å²) in [5.41, 5.74) is 2.68. The standard InChI is InChI=1S/C19H27N7O/c1-12-16-17(24(3)13(2)18(27)25(16)4)23-19(22-12)20-8-15-9-21-26(11-15)10-14-6-5-7-14/h9,11,13-14H,5-8,10H2,1-4H3,(H,20,22,23). The topological polar surface area (TPSA) is 79.2 Å². The molecule has 0 radical (unpaired) electrons. The van der Waals surface area contributed by atoms with Gasteiger partial charge in [-0.2, -0.15) is 10.1 Å². The van der Waals surface area contributed by atoms with E-state index in [0.717, 1.165) is 35.2 Å². The predicted molar refractivity (Wildman–Crippen MR) is 105 cm³/mol. The fraction of sp³-hybridized carbons (Fsp3) is 0.579. The second kappa shape index (κ2) is 6.83. The van der Waals surface area contributed by atoms with Gasteiger partial charge in [0.05, 0.1) is 11.9 Å². The molecule has 8 nitrogen and oxygen atoms in total. The first-order chi connectivity index (χ1) is 12.9. The van der Waals surface area contributed by atoms with Crippen molar-refractivity contribution in [1.29, 1.82) is 0 Å². The fourth-order valence-electron chi connectivity index (χ4n) is 3.73. The minimum atomic E-state index is -0.241. The molecule has 2 aliphatic rings. The average molecular weight is 369 g/mol. The van der Waals surface area contributed by atoms with Gasteiger partial charge in [0.1, 0.15) is 11.7 Å². The van der Waals surface area contributed by atoms with Crippen LogP contribution >= 0.6 is 0 Å². The molecule has 0 bridgehead atoms. The Balaban J connectivity index is 1.48. The molecule has 1 unspecified atom stereocenters. The Labute approximate surface area is 159 Å². The van der Waals surface area contributed by atoms with E-state index >= 15 is 0 Å². The summed E-state index contributed by atoms with van der Waals surface area (Å²) in [7, 11) is 3.68. The molecule has 1 aliphatic carbocycles. The Morgan fingerprint density at radius 3 is 2.74 bits per heavy atom. The normalized spacial score (nSPS) is 19.9. The van der Waals surface area contributed by atoms with Gasteiger partial charge in [0.2, 0.25) is 11.9 Å². The van der Waals surface area contributed by atoms with Crippen LogP contribution in [-0.4, -0.2) is 45.8 Å². The monoisotopic (exact) mass is 369 g/mol. The van der Waals surface area contributed by atoms with Crippen molar-refractivity contribution in [3.8, 4) is 0 Å². The van der Waals surface area contributed by atoms with Crippen molar-refractivity contribution >= 4 is 23.4 Å². The van der Waals surface area contributed by atoms with Crippen LogP contribution in [0.1, 0.15) is 37.4 Å². The summed E-state index contributed by atoms with van der Waals surface area (Å²) < 4.78 is 2.04. The third kappa shape index (κ3) is 3.24. The Hall–Kier alpha value is -2.64. The lowest BCUT2D eigenvalue weighted by molar-refractivity contribution is -0.119. The van der Waals surface area contributed by atoms with Gasteiger partial charge >= 0.3 is 0 Å². The molecule has 2 aromatic heterocycles. The van der Waals surface area contributed by atoms with Crippen molar-refractivity contribution in [1.82, 2.24) is 19.7 Å². The first-order valence-electron chi connectivity index (χ1n) is 9.58. The van der Waals surface area contributed by atoms with E-state index in [1.54, 1.807) is 11.9 Å². The molecule has 27 heavy (non-hydrogen) atoms. The molecule has 1 atom stereocenters. The lowest BCUT2D eigenvalue weighted by atomic mass is 9.85. The van der Waals surface area contributed by atoms with Crippen LogP contribution in [-0.2, 0) is 17.9 Å². The molecule has 0 spiro atoms. The van der Waals surface area contributed by atoms with Crippen molar-refractivity contribution in [2.45, 2.75) is 52.2 Å². The average Bonchev–Trinajstić information content (AvgIpc) is 3.06. The van der Waals surface area contributed by atoms with Gasteiger partial charge in [0.25, 0.3) is 0 Å². The van der Waals surface area contributed by atoms with Crippen LogP contribution in [0.5, 0.6) is 0 Å². The predicted octanol–water partition coefficient (Wildman–Crippen LogP) is 2.19. The van der Waals surface area contributed by atoms with Crippen molar-refractivity contribution in [3.63, 3.8) is 0 Å². The van der Waals surface area contributed by atoms with Crippen molar-refractivity contribution in [2.75, 3.05) is 29.2 Å². The number of amides is 1. The van der Waals surface area contributed by atoms with Crippen molar-refractivity contribution in [3.05, 3.63) is 23.7 Å². The van der Waals surface area contributed by atoms with Crippen LogP contribution in [0.25, 0.3) is 0 Å². The zero-order valence-electron chi connectivity index (χ0n) is 16.4. The highest BCUT2D eigenvalue weighted by Gasteiger charge is 2.34. The molecule has 4 rings (SSSR count). The second-order valence-corrected chi connectivity index (χ2v) is 7.71. The smallest absolute Gasteiger partial charge is 0.249 e. The third-order valence-electron chi connectivity index (χ3n) is 5.79. The van der Waals surface area contributed by atoms with Crippen LogP contribution in [0.3, 0.4) is 0 Å². The van der Waals surface area contributed by atoms with Crippen LogP contribution in [0.4, 0.5) is 17.5 Å². The Morgan fingerprint density at radius 1 is 1.26 bits per heavy atom. The fourth-order valence-corrected chi connectivity index (χ4v) is 3.73. The summed E-state index contributed by atoms with van der Waals surface area (Å²) >= 11 is 0. The maximum Gasteiger partial charge on any atom is 0.249 e. The van der Waals surface area contributed by atoms with E-state index in [1.165, 1.54) is 19.3 Å². The highest BCUT2D eigenvalue weighted by Crippen LogP contribution is 2.35. The van der Waals surface area contributed by atoms with Crippen LogP contribution < -0.4 is 15.1 Å². The molecule has 8 heteroatoms. The molecule has 144 valence electrons. The van der Waals surface area contributed by atoms with Crippen LogP contribution in [0.15, 0.2) is 12.4 Å². The SMILES string of the molecule is Cc1nc(NCc2cnn(CC3CCC3)c2)nc2c1N(C)C(=O)C(C)N2C. The van der Waals surface area contributed by atoms with Crippen molar-refractivity contribution in [2.24, 2.45) is 5.92 Å². The maximum atomic E-state index is 12.4. The number of carbonyl (C=O) groups excluding carboxylic acids is 1. The first-order valence-corrected chi connectivity index (χ1v) is 9.58. The lowest BCUT2D eigenvalue weighted by Crippen LogP contribution is -2.49. The number of hydrogen-bond acceptors (Lipinski definition) is 6. The van der Waals surface area contributed by atoms with E-state index in [9.17, 15) is 4.79 Å². The van der Waals surface area contributed by atoms with E-state index in [-0.39, 0.29) is 11.9 Å². The van der Waals surface area contributed by atoms with Crippen molar-refractivity contribution < 1.29 is 4.79 Å². The van der Waals surface area contributed by atoms with Gasteiger partial charge < -0.3 is 15.1 Å². The van der Waals surface area contributed by atoms with E-state index in [0.29, 0.717) is 12.5 Å². The molecular weight excluding hydrogens is 342 g/mol. The Kier molecular flexibility index (Phi) is 4.49. The van der Waals surface area contributed by atoms with Gasteiger partial charge in [-0.05, 0) is 32.6 Å². The van der Waals surface area contributed by atoms with Gasteiger partial charge in [0, 0.05) is 38.9 Å². The van der Waals surface area contributed by atoms with Gasteiger partial charge in [-0.15, -0.1) is 0 Å². The molecule has 0 saturated heterocycles. The molecule has 2 aromatic rings. The number of aromatic nitrogens is 4. The number of hydrogen-bond donors (Lipinski definition) is 1. The first kappa shape index (κ1) is 17.8. The van der Waals surface area contributed by atoms with E-state index in [4.69, 9.17) is 0 Å². The number of nitrogens with one attached hydrogen (secondary N) is 1. The molecule has 1 fully saturated rings. The Bertz CT molecular complexity index is 858. The number of fused-ring (bicyclic) bond motifs is 1. The molecule has 3 heterocycles. The van der Waals surface area contributed by atoms with E-state index in [2.05, 4.69) is 26.6 Å². The largest absolute Gasteiger partial charge is 0.350 e. The van der Waals surface area contributed by atoms with Gasteiger partial charge in [-0.1, -0.05) is 6.42 Å². The molecule has 0 aromatic carbocycles. The van der Waals surface area contributed by atoms with E-state index < -0.39 is 0 Å². The number of likely N-dealkylation sites (N-methyl/N-ethyl adjacent to an activating group) is 2. The number of rotatable bonds is 5. The van der Waals surface area contributed by atoms with Crippen LogP contribution in [0.2, 0.25) is 0 Å². The van der Waals surface area contributed by atoms with Crippen LogP contribution in [0, 0.1) is 12.8 Å². The van der Waals surface area contributed by atoms with Gasteiger partial charge in [-0.3, -0.25) is 9.48 Å². The highest BCUT2D eigenvalue weighted by atomic mass is 16.2. The highest BCUT2D eigenvalue weighted by molar-refractivity contribution is 6.04. The third-order valence-corrected chi connectivity index (χ3v) is 5.79. The number of nitrogens with zero attached hydrogens (tertiary/aromatic N) is 6. The van der Waals surface area contributed by atoms with Gasteiger partial charge in [0.15, 0.2) is 5.82 Å². The summed E-state index contributed by atoms with van der Waals surface area (Å²) in [6.45, 7) is 5.44. The summed E-state index contributed by atoms with van der Waals surface area (Å²) in [6.07, 6.45) is 7.98. The van der Waals surface area contributed by atoms with Gasteiger partial charge in [-0.25, -0.2) is 4.98 Å². The number of aryl methyl sites for hydroxylation is 1. The Morgan fingerprint density at radius 2 is 2.04 bits per heavy atom. The van der Waals surface area contributed by atoms with E-state index in [1.807, 2.05) is 36.7 Å². The lowest BCUT2D eigenvalue weighted by Gasteiger charge is -2.37. The molecule has 1 saturated carbocycles. The minimum Gasteiger partial charge on any atom is -0.350 e. The molecular formula is C19H27N7O.